The van der Waals surface area contributed by atoms with Crippen LogP contribution in [0, 0.1) is 0 Å². The van der Waals surface area contributed by atoms with Gasteiger partial charge in [-0.25, -0.2) is 8.42 Å². The first-order valence-corrected chi connectivity index (χ1v) is 11.7. The number of nitrogens with zero attached hydrogens (tertiary/aromatic N) is 4. The van der Waals surface area contributed by atoms with Crippen molar-refractivity contribution in [2.45, 2.75) is 31.1 Å². The monoisotopic (exact) mass is 545 g/mol. The van der Waals surface area contributed by atoms with E-state index in [9.17, 15) is 8.42 Å². The molecule has 2 fully saturated rings. The lowest BCUT2D eigenvalue weighted by Gasteiger charge is -2.36. The van der Waals surface area contributed by atoms with E-state index in [0.29, 0.717) is 50.4 Å². The fraction of sp³-hybridized carbons (Fsp3) is 0.500. The van der Waals surface area contributed by atoms with Crippen molar-refractivity contribution >= 4 is 40.0 Å². The predicted molar refractivity (Wildman–Crippen MR) is 126 cm³/mol. The summed E-state index contributed by atoms with van der Waals surface area (Å²) in [6.45, 7) is 4.82. The summed E-state index contributed by atoms with van der Waals surface area (Å²) in [5.74, 6) is 1.27. The van der Waals surface area contributed by atoms with Gasteiger partial charge in [0.25, 0.3) is 0 Å². The third-order valence-electron chi connectivity index (χ3n) is 5.39. The second-order valence-corrected chi connectivity index (χ2v) is 9.40. The number of hydrogen-bond donors (Lipinski definition) is 1. The van der Waals surface area contributed by atoms with Gasteiger partial charge in [0, 0.05) is 50.7 Å². The minimum Gasteiger partial charge on any atom is -0.364 e. The SMILES string of the molecule is CCN=C(NC1CC1c1ccccc1)N1CCN(S(=O)(=O)Cc2ccon2)CC1.I. The van der Waals surface area contributed by atoms with Crippen molar-refractivity contribution in [2.24, 2.45) is 4.99 Å². The maximum Gasteiger partial charge on any atom is 0.220 e. The van der Waals surface area contributed by atoms with Gasteiger partial charge in [0.15, 0.2) is 5.96 Å². The maximum atomic E-state index is 12.6. The van der Waals surface area contributed by atoms with Gasteiger partial charge >= 0.3 is 0 Å². The molecule has 1 aromatic heterocycles. The number of benzene rings is 1. The second kappa shape index (κ2) is 10.1. The molecule has 30 heavy (non-hydrogen) atoms. The molecule has 1 aliphatic carbocycles. The number of aliphatic imine (C=N–C) groups is 1. The molecule has 2 heterocycles. The fourth-order valence-corrected chi connectivity index (χ4v) is 5.17. The highest BCUT2D eigenvalue weighted by Gasteiger charge is 2.40. The molecule has 0 amide bonds. The molecule has 2 atom stereocenters. The Morgan fingerprint density at radius 1 is 1.20 bits per heavy atom. The van der Waals surface area contributed by atoms with Crippen LogP contribution in [-0.2, 0) is 15.8 Å². The zero-order chi connectivity index (χ0) is 20.3. The van der Waals surface area contributed by atoms with Crippen LogP contribution in [-0.4, -0.2) is 67.5 Å². The fourth-order valence-electron chi connectivity index (χ4n) is 3.74. The van der Waals surface area contributed by atoms with Crippen molar-refractivity contribution in [1.29, 1.82) is 0 Å². The van der Waals surface area contributed by atoms with Crippen molar-refractivity contribution in [3.05, 3.63) is 53.9 Å². The van der Waals surface area contributed by atoms with Crippen molar-refractivity contribution < 1.29 is 12.9 Å². The third-order valence-corrected chi connectivity index (χ3v) is 7.21. The van der Waals surface area contributed by atoms with Crippen LogP contribution >= 0.6 is 24.0 Å². The Morgan fingerprint density at radius 3 is 2.57 bits per heavy atom. The van der Waals surface area contributed by atoms with Gasteiger partial charge in [0.2, 0.25) is 10.0 Å². The number of hydrogen-bond acceptors (Lipinski definition) is 5. The first-order chi connectivity index (χ1) is 14.1. The van der Waals surface area contributed by atoms with Crippen LogP contribution in [0.3, 0.4) is 0 Å². The Morgan fingerprint density at radius 2 is 1.93 bits per heavy atom. The van der Waals surface area contributed by atoms with Gasteiger partial charge < -0.3 is 14.7 Å². The molecule has 10 heteroatoms. The van der Waals surface area contributed by atoms with Crippen molar-refractivity contribution in [3.8, 4) is 0 Å². The van der Waals surface area contributed by atoms with Gasteiger partial charge in [-0.3, -0.25) is 4.99 Å². The van der Waals surface area contributed by atoms with E-state index in [4.69, 9.17) is 4.52 Å². The van der Waals surface area contributed by atoms with E-state index in [2.05, 4.69) is 44.6 Å². The standard InChI is InChI=1S/C20H27N5O3S.HI/c1-2-21-20(22-19-14-18(19)16-6-4-3-5-7-16)24-9-11-25(12-10-24)29(26,27)15-17-8-13-28-23-17;/h3-8,13,18-19H,2,9-12,14-15H2,1H3,(H,21,22);1H. The summed E-state index contributed by atoms with van der Waals surface area (Å²) in [4.78, 5) is 6.80. The molecule has 0 spiro atoms. The summed E-state index contributed by atoms with van der Waals surface area (Å²) in [6, 6.07) is 12.5. The van der Waals surface area contributed by atoms with Gasteiger partial charge in [-0.15, -0.1) is 24.0 Å². The average Bonchev–Trinajstić information content (AvgIpc) is 3.32. The molecular formula is C20H28IN5O3S. The normalized spacial score (nSPS) is 22.4. The van der Waals surface area contributed by atoms with Crippen LogP contribution in [0.4, 0.5) is 0 Å². The number of sulfonamides is 1. The zero-order valence-corrected chi connectivity index (χ0v) is 20.1. The first-order valence-electron chi connectivity index (χ1n) is 10.0. The lowest BCUT2D eigenvalue weighted by atomic mass is 10.1. The number of nitrogens with one attached hydrogen (secondary N) is 1. The van der Waals surface area contributed by atoms with Gasteiger partial charge in [0.1, 0.15) is 12.0 Å². The predicted octanol–water partition coefficient (Wildman–Crippen LogP) is 2.26. The molecule has 4 rings (SSSR count). The van der Waals surface area contributed by atoms with E-state index in [-0.39, 0.29) is 29.7 Å². The van der Waals surface area contributed by atoms with E-state index in [0.717, 1.165) is 12.4 Å². The number of guanidine groups is 1. The van der Waals surface area contributed by atoms with Crippen molar-refractivity contribution in [3.63, 3.8) is 0 Å². The summed E-state index contributed by atoms with van der Waals surface area (Å²) in [6.07, 6.45) is 2.49. The van der Waals surface area contributed by atoms with Crippen molar-refractivity contribution in [2.75, 3.05) is 32.7 Å². The largest absolute Gasteiger partial charge is 0.364 e. The lowest BCUT2D eigenvalue weighted by molar-refractivity contribution is 0.259. The van der Waals surface area contributed by atoms with Crippen LogP contribution < -0.4 is 5.32 Å². The zero-order valence-electron chi connectivity index (χ0n) is 17.0. The molecule has 164 valence electrons. The average molecular weight is 545 g/mol. The van der Waals surface area contributed by atoms with Gasteiger partial charge in [-0.2, -0.15) is 4.31 Å². The Kier molecular flexibility index (Phi) is 7.75. The Hall–Kier alpha value is -1.66. The molecule has 1 saturated heterocycles. The van der Waals surface area contributed by atoms with Gasteiger partial charge in [-0.1, -0.05) is 35.5 Å². The van der Waals surface area contributed by atoms with E-state index >= 15 is 0 Å². The summed E-state index contributed by atoms with van der Waals surface area (Å²) in [5, 5.41) is 7.30. The Bertz CT molecular complexity index is 929. The van der Waals surface area contributed by atoms with Crippen LogP contribution in [0.2, 0.25) is 0 Å². The molecule has 1 N–H and O–H groups in total. The molecule has 0 bridgehead atoms. The van der Waals surface area contributed by atoms with Crippen LogP contribution in [0.15, 0.2) is 52.2 Å². The molecule has 1 aliphatic heterocycles. The maximum absolute atomic E-state index is 12.6. The molecular weight excluding hydrogens is 517 g/mol. The topological polar surface area (TPSA) is 91.0 Å². The van der Waals surface area contributed by atoms with E-state index in [1.807, 2.05) is 13.0 Å². The molecule has 2 aliphatic rings. The second-order valence-electron chi connectivity index (χ2n) is 7.43. The number of halogens is 1. The minimum atomic E-state index is -3.40. The molecule has 1 aromatic carbocycles. The van der Waals surface area contributed by atoms with Gasteiger partial charge in [0.05, 0.1) is 5.69 Å². The summed E-state index contributed by atoms with van der Waals surface area (Å²) in [5.41, 5.74) is 1.78. The molecule has 1 saturated carbocycles. The van der Waals surface area contributed by atoms with E-state index in [1.54, 1.807) is 6.07 Å². The molecule has 8 nitrogen and oxygen atoms in total. The summed E-state index contributed by atoms with van der Waals surface area (Å²) in [7, 11) is -3.40. The molecule has 0 radical (unpaired) electrons. The minimum absolute atomic E-state index is 0. The highest BCUT2D eigenvalue weighted by atomic mass is 127. The third kappa shape index (κ3) is 5.52. The van der Waals surface area contributed by atoms with E-state index < -0.39 is 10.0 Å². The highest BCUT2D eigenvalue weighted by molar-refractivity contribution is 14.0. The smallest absolute Gasteiger partial charge is 0.220 e. The molecule has 2 unspecified atom stereocenters. The van der Waals surface area contributed by atoms with Crippen LogP contribution in [0.25, 0.3) is 0 Å². The number of rotatable bonds is 6. The number of aromatic nitrogens is 1. The lowest BCUT2D eigenvalue weighted by Crippen LogP contribution is -2.54. The van der Waals surface area contributed by atoms with Gasteiger partial charge in [-0.05, 0) is 18.9 Å². The Balaban J connectivity index is 0.00000256. The summed E-state index contributed by atoms with van der Waals surface area (Å²) < 4.78 is 31.5. The first kappa shape index (κ1) is 23.0. The highest BCUT2D eigenvalue weighted by Crippen LogP contribution is 2.40. The number of piperazine rings is 1. The van der Waals surface area contributed by atoms with Crippen LogP contribution in [0.1, 0.15) is 30.5 Å². The Labute approximate surface area is 194 Å². The molecule has 2 aromatic rings. The van der Waals surface area contributed by atoms with E-state index in [1.165, 1.54) is 16.1 Å². The van der Waals surface area contributed by atoms with Crippen LogP contribution in [0.5, 0.6) is 0 Å². The summed E-state index contributed by atoms with van der Waals surface area (Å²) >= 11 is 0. The quantitative estimate of drug-likeness (QED) is 0.341. The van der Waals surface area contributed by atoms with Crippen molar-refractivity contribution in [1.82, 2.24) is 19.7 Å².